The molecule has 0 aliphatic carbocycles. The summed E-state index contributed by atoms with van der Waals surface area (Å²) in [6.07, 6.45) is 0. The van der Waals surface area contributed by atoms with Gasteiger partial charge in [-0.3, -0.25) is 4.79 Å². The number of nitriles is 1. The van der Waals surface area contributed by atoms with E-state index in [0.29, 0.717) is 31.5 Å². The van der Waals surface area contributed by atoms with Crippen LogP contribution in [0.2, 0.25) is 5.02 Å². The van der Waals surface area contributed by atoms with E-state index in [0.717, 1.165) is 5.56 Å². The number of hydrogen-bond acceptors (Lipinski definition) is 4. The van der Waals surface area contributed by atoms with Crippen LogP contribution in [0.25, 0.3) is 21.6 Å². The lowest BCUT2D eigenvalue weighted by molar-refractivity contribution is 1.18. The van der Waals surface area contributed by atoms with Crippen molar-refractivity contribution in [3.8, 4) is 17.5 Å². The van der Waals surface area contributed by atoms with Gasteiger partial charge in [0.05, 0.1) is 5.39 Å². The van der Waals surface area contributed by atoms with Crippen molar-refractivity contribution in [2.45, 2.75) is 6.92 Å². The summed E-state index contributed by atoms with van der Waals surface area (Å²) in [6.45, 7) is 1.76. The molecule has 0 spiro atoms. The highest BCUT2D eigenvalue weighted by molar-refractivity contribution is 7.19. The number of hydrogen-bond donors (Lipinski definition) is 1. The Labute approximate surface area is 123 Å². The maximum absolute atomic E-state index is 12.2. The van der Waals surface area contributed by atoms with Gasteiger partial charge in [-0.1, -0.05) is 11.6 Å². The summed E-state index contributed by atoms with van der Waals surface area (Å²) in [7, 11) is 0. The third-order valence-electron chi connectivity index (χ3n) is 3.02. The molecular formula is C14H8ClN3OS. The fraction of sp³-hybridized carbons (Fsp3) is 0.0714. The van der Waals surface area contributed by atoms with E-state index in [9.17, 15) is 4.79 Å². The maximum Gasteiger partial charge on any atom is 0.260 e. The summed E-state index contributed by atoms with van der Waals surface area (Å²) in [5.74, 6) is 0.477. The predicted octanol–water partition coefficient (Wildman–Crippen LogP) is 3.49. The van der Waals surface area contributed by atoms with E-state index in [2.05, 4.69) is 16.0 Å². The summed E-state index contributed by atoms with van der Waals surface area (Å²) in [5.41, 5.74) is 1.23. The number of aromatic amines is 1. The number of rotatable bonds is 1. The number of nitrogens with zero attached hydrogens (tertiary/aromatic N) is 2. The lowest BCUT2D eigenvalue weighted by Crippen LogP contribution is -2.09. The minimum absolute atomic E-state index is 0.227. The Morgan fingerprint density at radius 1 is 1.35 bits per heavy atom. The average molecular weight is 302 g/mol. The number of benzene rings is 1. The van der Waals surface area contributed by atoms with Gasteiger partial charge in [0.1, 0.15) is 21.6 Å². The van der Waals surface area contributed by atoms with Crippen LogP contribution >= 0.6 is 22.9 Å². The first-order valence-electron chi connectivity index (χ1n) is 5.79. The highest BCUT2D eigenvalue weighted by Gasteiger charge is 2.14. The number of aryl methyl sites for hydroxylation is 1. The van der Waals surface area contributed by atoms with Gasteiger partial charge in [0.2, 0.25) is 0 Å². The van der Waals surface area contributed by atoms with Crippen LogP contribution < -0.4 is 5.56 Å². The van der Waals surface area contributed by atoms with Crippen LogP contribution in [0, 0.1) is 18.3 Å². The molecule has 98 valence electrons. The normalized spacial score (nSPS) is 10.7. The van der Waals surface area contributed by atoms with Crippen LogP contribution in [0.1, 0.15) is 10.4 Å². The summed E-state index contributed by atoms with van der Waals surface area (Å²) in [6, 6.07) is 9.14. The zero-order valence-corrected chi connectivity index (χ0v) is 12.0. The Morgan fingerprint density at radius 2 is 2.05 bits per heavy atom. The van der Waals surface area contributed by atoms with Gasteiger partial charge in [-0.2, -0.15) is 5.26 Å². The second-order valence-corrected chi connectivity index (χ2v) is 5.71. The molecule has 3 aromatic rings. The van der Waals surface area contributed by atoms with Gasteiger partial charge in [0, 0.05) is 10.6 Å². The minimum Gasteiger partial charge on any atom is -0.306 e. The monoisotopic (exact) mass is 301 g/mol. The Bertz CT molecular complexity index is 903. The number of fused-ring (bicyclic) bond motifs is 1. The van der Waals surface area contributed by atoms with Crippen LogP contribution in [-0.4, -0.2) is 9.97 Å². The summed E-state index contributed by atoms with van der Waals surface area (Å²) in [5, 5.41) is 10.1. The molecule has 0 saturated heterocycles. The van der Waals surface area contributed by atoms with Crippen molar-refractivity contribution in [3.05, 3.63) is 50.1 Å². The van der Waals surface area contributed by atoms with E-state index in [4.69, 9.17) is 16.9 Å². The first kappa shape index (κ1) is 12.9. The fourth-order valence-corrected chi connectivity index (χ4v) is 3.10. The smallest absolute Gasteiger partial charge is 0.260 e. The van der Waals surface area contributed by atoms with Gasteiger partial charge in [0.15, 0.2) is 0 Å². The number of H-pyrrole nitrogens is 1. The third-order valence-corrected chi connectivity index (χ3v) is 4.36. The molecular weight excluding hydrogens is 294 g/mol. The Morgan fingerprint density at radius 3 is 2.70 bits per heavy atom. The zero-order chi connectivity index (χ0) is 14.3. The first-order valence-corrected chi connectivity index (χ1v) is 6.99. The zero-order valence-electron chi connectivity index (χ0n) is 10.4. The predicted molar refractivity (Wildman–Crippen MR) is 80.1 cm³/mol. The van der Waals surface area contributed by atoms with Gasteiger partial charge in [-0.25, -0.2) is 4.98 Å². The van der Waals surface area contributed by atoms with Crippen LogP contribution in [0.5, 0.6) is 0 Å². The van der Waals surface area contributed by atoms with E-state index >= 15 is 0 Å². The van der Waals surface area contributed by atoms with Crippen molar-refractivity contribution in [1.82, 2.24) is 9.97 Å². The van der Waals surface area contributed by atoms with Gasteiger partial charge in [-0.15, -0.1) is 11.3 Å². The highest BCUT2D eigenvalue weighted by atomic mass is 35.5. The second kappa shape index (κ2) is 4.75. The van der Waals surface area contributed by atoms with E-state index < -0.39 is 0 Å². The van der Waals surface area contributed by atoms with Crippen molar-refractivity contribution in [3.63, 3.8) is 0 Å². The first-order chi connectivity index (χ1) is 9.60. The molecule has 6 heteroatoms. The molecule has 0 atom stereocenters. The molecule has 20 heavy (non-hydrogen) atoms. The molecule has 4 nitrogen and oxygen atoms in total. The second-order valence-electron chi connectivity index (χ2n) is 4.27. The highest BCUT2D eigenvalue weighted by Crippen LogP contribution is 2.27. The molecule has 2 aromatic heterocycles. The molecule has 0 bridgehead atoms. The molecule has 0 amide bonds. The van der Waals surface area contributed by atoms with Gasteiger partial charge in [-0.05, 0) is 36.8 Å². The molecule has 0 fully saturated rings. The molecule has 3 rings (SSSR count). The molecule has 0 aliphatic heterocycles. The summed E-state index contributed by atoms with van der Waals surface area (Å²) < 4.78 is 0. The molecule has 0 saturated carbocycles. The van der Waals surface area contributed by atoms with E-state index in [1.165, 1.54) is 11.3 Å². The largest absolute Gasteiger partial charge is 0.306 e. The number of halogens is 1. The number of nitrogens with one attached hydrogen (secondary N) is 1. The van der Waals surface area contributed by atoms with Crippen LogP contribution in [0.4, 0.5) is 0 Å². The van der Waals surface area contributed by atoms with Crippen LogP contribution in [0.3, 0.4) is 0 Å². The number of thiophene rings is 1. The molecule has 1 aromatic carbocycles. The lowest BCUT2D eigenvalue weighted by atomic mass is 10.2. The molecule has 1 N–H and O–H groups in total. The minimum atomic E-state index is -0.227. The standard InChI is InChI=1S/C14H8ClN3OS/c1-7-10(6-16)20-14-11(7)13(19)17-12(18-14)8-2-4-9(15)5-3-8/h2-5H,1H3,(H,17,18,19). The van der Waals surface area contributed by atoms with E-state index in [1.54, 1.807) is 31.2 Å². The quantitative estimate of drug-likeness (QED) is 0.748. The average Bonchev–Trinajstić information content (AvgIpc) is 2.76. The van der Waals surface area contributed by atoms with Crippen molar-refractivity contribution in [2.75, 3.05) is 0 Å². The van der Waals surface area contributed by atoms with Crippen molar-refractivity contribution in [2.24, 2.45) is 0 Å². The van der Waals surface area contributed by atoms with Gasteiger partial charge >= 0.3 is 0 Å². The van der Waals surface area contributed by atoms with E-state index in [-0.39, 0.29) is 5.56 Å². The SMILES string of the molecule is Cc1c(C#N)sc2nc(-c3ccc(Cl)cc3)[nH]c(=O)c12. The third kappa shape index (κ3) is 1.99. The number of aromatic nitrogens is 2. The van der Waals surface area contributed by atoms with Crippen LogP contribution in [-0.2, 0) is 0 Å². The Hall–Kier alpha value is -2.16. The maximum atomic E-state index is 12.2. The fourth-order valence-electron chi connectivity index (χ4n) is 2.00. The van der Waals surface area contributed by atoms with Gasteiger partial charge < -0.3 is 4.98 Å². The molecule has 0 aliphatic rings. The summed E-state index contributed by atoms with van der Waals surface area (Å²) in [4.78, 5) is 20.4. The van der Waals surface area contributed by atoms with Crippen molar-refractivity contribution >= 4 is 33.2 Å². The van der Waals surface area contributed by atoms with Crippen LogP contribution in [0.15, 0.2) is 29.1 Å². The molecule has 2 heterocycles. The van der Waals surface area contributed by atoms with Crippen molar-refractivity contribution < 1.29 is 0 Å². The van der Waals surface area contributed by atoms with Gasteiger partial charge in [0.25, 0.3) is 5.56 Å². The van der Waals surface area contributed by atoms with Crippen molar-refractivity contribution in [1.29, 1.82) is 5.26 Å². The van der Waals surface area contributed by atoms with E-state index in [1.807, 2.05) is 0 Å². The Kier molecular flexibility index (Phi) is 3.05. The topological polar surface area (TPSA) is 69.5 Å². The lowest BCUT2D eigenvalue weighted by Gasteiger charge is -2.01. The molecule has 0 radical (unpaired) electrons. The Balaban J connectivity index is 2.28. The summed E-state index contributed by atoms with van der Waals surface area (Å²) >= 11 is 7.07. The molecule has 0 unspecified atom stereocenters.